The number of amides is 1. The lowest BCUT2D eigenvalue weighted by Crippen LogP contribution is -2.24. The van der Waals surface area contributed by atoms with Crippen LogP contribution in [-0.4, -0.2) is 23.8 Å². The lowest BCUT2D eigenvalue weighted by atomic mass is 10.0. The van der Waals surface area contributed by atoms with Crippen LogP contribution in [0, 0.1) is 6.92 Å². The van der Waals surface area contributed by atoms with Gasteiger partial charge in [-0.1, -0.05) is 19.1 Å². The molecule has 0 aliphatic heterocycles. The predicted molar refractivity (Wildman–Crippen MR) is 89.1 cm³/mol. The molecule has 0 aliphatic rings. The Morgan fingerprint density at radius 3 is 2.39 bits per heavy atom. The van der Waals surface area contributed by atoms with Crippen molar-refractivity contribution in [2.24, 2.45) is 0 Å². The largest absolute Gasteiger partial charge is 0.497 e. The standard InChI is InChI=1S/C18H22N2O3/c1-5-15-16(12(3)21)11(2)20-17(15)18(22)19-10-13-6-8-14(23-4)9-7-13/h6-9,20H,5,10H2,1-4H3,(H,19,22). The molecular weight excluding hydrogens is 292 g/mol. The Morgan fingerprint density at radius 2 is 1.87 bits per heavy atom. The average Bonchev–Trinajstić information content (AvgIpc) is 2.89. The number of ether oxygens (including phenoxy) is 1. The number of hydrogen-bond donors (Lipinski definition) is 2. The molecule has 1 aromatic carbocycles. The molecule has 2 aromatic rings. The number of rotatable bonds is 6. The van der Waals surface area contributed by atoms with Gasteiger partial charge in [0.15, 0.2) is 5.78 Å². The van der Waals surface area contributed by atoms with Crippen LogP contribution >= 0.6 is 0 Å². The normalized spacial score (nSPS) is 10.4. The van der Waals surface area contributed by atoms with E-state index in [4.69, 9.17) is 4.74 Å². The van der Waals surface area contributed by atoms with Crippen molar-refractivity contribution in [1.29, 1.82) is 0 Å². The van der Waals surface area contributed by atoms with Crippen molar-refractivity contribution >= 4 is 11.7 Å². The fraction of sp³-hybridized carbons (Fsp3) is 0.333. The molecule has 1 heterocycles. The number of benzene rings is 1. The molecule has 0 bridgehead atoms. The number of carbonyl (C=O) groups excluding carboxylic acids is 2. The average molecular weight is 314 g/mol. The first kappa shape index (κ1) is 16.8. The Kier molecular flexibility index (Phi) is 5.21. The van der Waals surface area contributed by atoms with E-state index in [2.05, 4.69) is 10.3 Å². The summed E-state index contributed by atoms with van der Waals surface area (Å²) in [6, 6.07) is 7.51. The molecule has 122 valence electrons. The van der Waals surface area contributed by atoms with Gasteiger partial charge in [-0.3, -0.25) is 9.59 Å². The maximum absolute atomic E-state index is 12.4. The van der Waals surface area contributed by atoms with Gasteiger partial charge in [0.1, 0.15) is 11.4 Å². The Balaban J connectivity index is 2.14. The van der Waals surface area contributed by atoms with Crippen molar-refractivity contribution in [2.75, 3.05) is 7.11 Å². The highest BCUT2D eigenvalue weighted by Gasteiger charge is 2.21. The van der Waals surface area contributed by atoms with Crippen LogP contribution in [-0.2, 0) is 13.0 Å². The second-order valence-electron chi connectivity index (χ2n) is 5.42. The van der Waals surface area contributed by atoms with Gasteiger partial charge in [-0.2, -0.15) is 0 Å². The van der Waals surface area contributed by atoms with Crippen molar-refractivity contribution in [3.05, 3.63) is 52.3 Å². The van der Waals surface area contributed by atoms with Gasteiger partial charge in [0.25, 0.3) is 5.91 Å². The van der Waals surface area contributed by atoms with Gasteiger partial charge in [-0.15, -0.1) is 0 Å². The number of aryl methyl sites for hydroxylation is 1. The highest BCUT2D eigenvalue weighted by Crippen LogP contribution is 2.20. The van der Waals surface area contributed by atoms with Crippen molar-refractivity contribution < 1.29 is 14.3 Å². The number of methoxy groups -OCH3 is 1. The number of carbonyl (C=O) groups is 2. The van der Waals surface area contributed by atoms with Gasteiger partial charge in [-0.05, 0) is 43.5 Å². The topological polar surface area (TPSA) is 71.2 Å². The molecule has 1 aromatic heterocycles. The summed E-state index contributed by atoms with van der Waals surface area (Å²) in [5.41, 5.74) is 3.60. The maximum Gasteiger partial charge on any atom is 0.268 e. The van der Waals surface area contributed by atoms with Crippen LogP contribution in [0.3, 0.4) is 0 Å². The van der Waals surface area contributed by atoms with Crippen LogP contribution in [0.25, 0.3) is 0 Å². The minimum absolute atomic E-state index is 0.0233. The summed E-state index contributed by atoms with van der Waals surface area (Å²) in [5, 5.41) is 2.88. The molecule has 5 heteroatoms. The summed E-state index contributed by atoms with van der Waals surface area (Å²) in [4.78, 5) is 27.2. The molecule has 0 saturated heterocycles. The van der Waals surface area contributed by atoms with E-state index in [1.54, 1.807) is 7.11 Å². The van der Waals surface area contributed by atoms with Crippen LogP contribution in [0.4, 0.5) is 0 Å². The summed E-state index contributed by atoms with van der Waals surface area (Å²) >= 11 is 0. The molecule has 0 saturated carbocycles. The zero-order valence-electron chi connectivity index (χ0n) is 13.9. The monoisotopic (exact) mass is 314 g/mol. The third kappa shape index (κ3) is 3.62. The SMILES string of the molecule is CCc1c(C(=O)NCc2ccc(OC)cc2)[nH]c(C)c1C(C)=O. The van der Waals surface area contributed by atoms with Crippen LogP contribution in [0.15, 0.2) is 24.3 Å². The number of hydrogen-bond acceptors (Lipinski definition) is 3. The number of nitrogens with one attached hydrogen (secondary N) is 2. The van der Waals surface area contributed by atoms with E-state index in [0.29, 0.717) is 24.2 Å². The first-order valence-electron chi connectivity index (χ1n) is 7.61. The summed E-state index contributed by atoms with van der Waals surface area (Å²) in [6.07, 6.45) is 0.630. The van der Waals surface area contributed by atoms with Gasteiger partial charge < -0.3 is 15.0 Å². The van der Waals surface area contributed by atoms with Gasteiger partial charge >= 0.3 is 0 Å². The van der Waals surface area contributed by atoms with Crippen LogP contribution in [0.1, 0.15) is 51.5 Å². The van der Waals surface area contributed by atoms with Crippen LogP contribution < -0.4 is 10.1 Å². The minimum Gasteiger partial charge on any atom is -0.497 e. The summed E-state index contributed by atoms with van der Waals surface area (Å²) < 4.78 is 5.11. The lowest BCUT2D eigenvalue weighted by Gasteiger charge is -2.07. The summed E-state index contributed by atoms with van der Waals surface area (Å²) in [5.74, 6) is 0.553. The molecule has 23 heavy (non-hydrogen) atoms. The number of aromatic nitrogens is 1. The van der Waals surface area contributed by atoms with Crippen molar-refractivity contribution in [3.8, 4) is 5.75 Å². The third-order valence-corrected chi connectivity index (χ3v) is 3.84. The van der Waals surface area contributed by atoms with Gasteiger partial charge in [0.05, 0.1) is 7.11 Å². The second-order valence-corrected chi connectivity index (χ2v) is 5.42. The molecule has 2 rings (SSSR count). The quantitative estimate of drug-likeness (QED) is 0.805. The highest BCUT2D eigenvalue weighted by molar-refractivity contribution is 6.02. The molecule has 2 N–H and O–H groups in total. The van der Waals surface area contributed by atoms with Gasteiger partial charge in [0, 0.05) is 17.8 Å². The highest BCUT2D eigenvalue weighted by atomic mass is 16.5. The van der Waals surface area contributed by atoms with Crippen molar-refractivity contribution in [2.45, 2.75) is 33.7 Å². The Bertz CT molecular complexity index is 715. The van der Waals surface area contributed by atoms with Crippen molar-refractivity contribution in [3.63, 3.8) is 0 Å². The first-order valence-corrected chi connectivity index (χ1v) is 7.61. The fourth-order valence-electron chi connectivity index (χ4n) is 2.71. The fourth-order valence-corrected chi connectivity index (χ4v) is 2.71. The summed E-state index contributed by atoms with van der Waals surface area (Å²) in [7, 11) is 1.61. The molecule has 1 amide bonds. The smallest absolute Gasteiger partial charge is 0.268 e. The molecule has 0 fully saturated rings. The Morgan fingerprint density at radius 1 is 1.22 bits per heavy atom. The molecule has 0 radical (unpaired) electrons. The number of H-pyrrole nitrogens is 1. The van der Waals surface area contributed by atoms with E-state index in [9.17, 15) is 9.59 Å². The number of aromatic amines is 1. The Labute approximate surface area is 136 Å². The van der Waals surface area contributed by atoms with E-state index in [1.807, 2.05) is 38.1 Å². The van der Waals surface area contributed by atoms with E-state index in [-0.39, 0.29) is 11.7 Å². The maximum atomic E-state index is 12.4. The number of ketones is 1. The minimum atomic E-state index is -0.201. The van der Waals surface area contributed by atoms with Gasteiger partial charge in [-0.25, -0.2) is 0 Å². The van der Waals surface area contributed by atoms with Crippen molar-refractivity contribution in [1.82, 2.24) is 10.3 Å². The molecule has 5 nitrogen and oxygen atoms in total. The predicted octanol–water partition coefficient (Wildman–Crippen LogP) is 3.03. The second kappa shape index (κ2) is 7.13. The Hall–Kier alpha value is -2.56. The third-order valence-electron chi connectivity index (χ3n) is 3.84. The number of Topliss-reactive ketones (excluding diaryl/α,β-unsaturated/α-hetero) is 1. The van der Waals surface area contributed by atoms with E-state index >= 15 is 0 Å². The van der Waals surface area contributed by atoms with E-state index < -0.39 is 0 Å². The zero-order valence-corrected chi connectivity index (χ0v) is 13.9. The molecular formula is C18H22N2O3. The molecule has 0 unspecified atom stereocenters. The van der Waals surface area contributed by atoms with Gasteiger partial charge in [0.2, 0.25) is 0 Å². The molecule has 0 spiro atoms. The lowest BCUT2D eigenvalue weighted by molar-refractivity contribution is 0.0945. The van der Waals surface area contributed by atoms with E-state index in [1.165, 1.54) is 6.92 Å². The summed E-state index contributed by atoms with van der Waals surface area (Å²) in [6.45, 7) is 5.69. The van der Waals surface area contributed by atoms with Crippen LogP contribution in [0.2, 0.25) is 0 Å². The first-order chi connectivity index (χ1) is 11.0. The molecule has 0 atom stereocenters. The zero-order chi connectivity index (χ0) is 17.0. The van der Waals surface area contributed by atoms with E-state index in [0.717, 1.165) is 22.6 Å². The molecule has 0 aliphatic carbocycles. The van der Waals surface area contributed by atoms with Crippen LogP contribution in [0.5, 0.6) is 5.75 Å².